The molecule has 0 unspecified atom stereocenters. The van der Waals surface area contributed by atoms with E-state index in [9.17, 15) is 9.59 Å². The van der Waals surface area contributed by atoms with Gasteiger partial charge in [0.2, 0.25) is 11.8 Å². The van der Waals surface area contributed by atoms with Gasteiger partial charge < -0.3 is 15.0 Å². The molecule has 0 spiro atoms. The van der Waals surface area contributed by atoms with E-state index in [2.05, 4.69) is 26.1 Å². The number of carbonyl (C=O) groups is 2. The fraction of sp³-hybridized carbons (Fsp3) is 0.324. The first kappa shape index (κ1) is 29.7. The molecule has 41 heavy (non-hydrogen) atoms. The molecule has 7 heteroatoms. The van der Waals surface area contributed by atoms with Crippen LogP contribution in [-0.4, -0.2) is 53.3 Å². The Labute approximate surface area is 243 Å². The summed E-state index contributed by atoms with van der Waals surface area (Å²) in [6.07, 6.45) is 0.612. The lowest BCUT2D eigenvalue weighted by atomic mass is 9.90. The van der Waals surface area contributed by atoms with Crippen molar-refractivity contribution in [3.63, 3.8) is 0 Å². The molecule has 2 amide bonds. The van der Waals surface area contributed by atoms with Crippen LogP contribution in [0.4, 0.5) is 5.82 Å². The maximum atomic E-state index is 14.2. The number of benzene rings is 3. The third-order valence-electron chi connectivity index (χ3n) is 6.96. The zero-order valence-corrected chi connectivity index (χ0v) is 24.6. The summed E-state index contributed by atoms with van der Waals surface area (Å²) in [5.74, 6) is -0.380. The monoisotopic (exact) mass is 552 g/mol. The van der Waals surface area contributed by atoms with E-state index in [-0.39, 0.29) is 23.8 Å². The highest BCUT2D eigenvalue weighted by atomic mass is 16.5. The molecule has 4 aromatic rings. The van der Waals surface area contributed by atoms with Crippen LogP contribution in [0.3, 0.4) is 0 Å². The third-order valence-corrected chi connectivity index (χ3v) is 6.96. The predicted octanol–water partition coefficient (Wildman–Crippen LogP) is 6.11. The molecule has 0 saturated carbocycles. The molecule has 0 aliphatic rings. The standard InChI is InChI=1S/C34H40N4O3/c1-25-17-19-28(20-18-25)38-30(23-29(36-38)34(2,3)4)35-31(39)24-37(21-12-22-41-5)33(40)32(26-13-8-6-9-14-26)27-15-10-7-11-16-27/h6-11,13-20,23,32H,12,21-22,24H2,1-5H3,(H,35,39). The molecular formula is C34H40N4O3. The summed E-state index contributed by atoms with van der Waals surface area (Å²) in [6.45, 7) is 9.08. The number of nitrogens with one attached hydrogen (secondary N) is 1. The van der Waals surface area contributed by atoms with Gasteiger partial charge in [0.15, 0.2) is 0 Å². The van der Waals surface area contributed by atoms with E-state index >= 15 is 0 Å². The molecule has 7 nitrogen and oxygen atoms in total. The minimum absolute atomic E-state index is 0.0946. The third kappa shape index (κ3) is 7.70. The van der Waals surface area contributed by atoms with Crippen LogP contribution in [0.5, 0.6) is 0 Å². The maximum Gasteiger partial charge on any atom is 0.245 e. The summed E-state index contributed by atoms with van der Waals surface area (Å²) in [7, 11) is 1.63. The van der Waals surface area contributed by atoms with Crippen LogP contribution in [0.25, 0.3) is 5.69 Å². The molecule has 214 valence electrons. The first-order valence-corrected chi connectivity index (χ1v) is 14.0. The molecular weight excluding hydrogens is 512 g/mol. The smallest absolute Gasteiger partial charge is 0.245 e. The van der Waals surface area contributed by atoms with E-state index in [4.69, 9.17) is 9.84 Å². The van der Waals surface area contributed by atoms with Crippen LogP contribution in [0, 0.1) is 6.92 Å². The van der Waals surface area contributed by atoms with Crippen molar-refractivity contribution >= 4 is 17.6 Å². The van der Waals surface area contributed by atoms with Crippen LogP contribution in [0.15, 0.2) is 91.0 Å². The Bertz CT molecular complexity index is 1390. The fourth-order valence-electron chi connectivity index (χ4n) is 4.69. The van der Waals surface area contributed by atoms with E-state index < -0.39 is 5.92 Å². The molecule has 3 aromatic carbocycles. The van der Waals surface area contributed by atoms with E-state index in [0.29, 0.717) is 25.4 Å². The highest BCUT2D eigenvalue weighted by Gasteiger charge is 2.29. The lowest BCUT2D eigenvalue weighted by molar-refractivity contribution is -0.135. The molecule has 1 aromatic heterocycles. The van der Waals surface area contributed by atoms with E-state index in [1.165, 1.54) is 0 Å². The molecule has 0 radical (unpaired) electrons. The molecule has 4 rings (SSSR count). The van der Waals surface area contributed by atoms with Gasteiger partial charge in [-0.25, -0.2) is 4.68 Å². The molecule has 0 atom stereocenters. The number of methoxy groups -OCH3 is 1. The van der Waals surface area contributed by atoms with Crippen LogP contribution in [0.2, 0.25) is 0 Å². The van der Waals surface area contributed by atoms with Gasteiger partial charge in [-0.05, 0) is 36.6 Å². The predicted molar refractivity (Wildman–Crippen MR) is 163 cm³/mol. The summed E-state index contributed by atoms with van der Waals surface area (Å²) < 4.78 is 7.02. The Balaban J connectivity index is 1.63. The fourth-order valence-corrected chi connectivity index (χ4v) is 4.69. The van der Waals surface area contributed by atoms with Gasteiger partial charge in [0.1, 0.15) is 5.82 Å². The van der Waals surface area contributed by atoms with Gasteiger partial charge >= 0.3 is 0 Å². The van der Waals surface area contributed by atoms with Crippen LogP contribution in [-0.2, 0) is 19.7 Å². The number of amides is 2. The normalized spacial score (nSPS) is 11.5. The zero-order valence-electron chi connectivity index (χ0n) is 24.6. The quantitative estimate of drug-likeness (QED) is 0.228. The van der Waals surface area contributed by atoms with Gasteiger partial charge in [-0.15, -0.1) is 0 Å². The zero-order chi connectivity index (χ0) is 29.4. The Morgan fingerprint density at radius 3 is 2.05 bits per heavy atom. The number of hydrogen-bond acceptors (Lipinski definition) is 4. The first-order chi connectivity index (χ1) is 19.7. The molecule has 0 saturated heterocycles. The summed E-state index contributed by atoms with van der Waals surface area (Å²) in [5.41, 5.74) is 4.40. The highest BCUT2D eigenvalue weighted by molar-refractivity contribution is 5.96. The average molecular weight is 553 g/mol. The lowest BCUT2D eigenvalue weighted by Crippen LogP contribution is -2.42. The van der Waals surface area contributed by atoms with Gasteiger partial charge in [0.25, 0.3) is 0 Å². The Hall–Kier alpha value is -4.23. The molecule has 0 aliphatic carbocycles. The number of ether oxygens (including phenoxy) is 1. The number of carbonyl (C=O) groups excluding carboxylic acids is 2. The maximum absolute atomic E-state index is 14.2. The molecule has 0 aliphatic heterocycles. The molecule has 0 fully saturated rings. The second kappa shape index (κ2) is 13.4. The topological polar surface area (TPSA) is 76.5 Å². The number of aromatic nitrogens is 2. The van der Waals surface area contributed by atoms with Gasteiger partial charge in [-0.3, -0.25) is 9.59 Å². The largest absolute Gasteiger partial charge is 0.385 e. The Morgan fingerprint density at radius 1 is 0.927 bits per heavy atom. The Kier molecular flexibility index (Phi) is 9.73. The van der Waals surface area contributed by atoms with Crippen molar-refractivity contribution < 1.29 is 14.3 Å². The number of aryl methyl sites for hydroxylation is 1. The lowest BCUT2D eigenvalue weighted by Gasteiger charge is -2.28. The number of rotatable bonds is 11. The van der Waals surface area contributed by atoms with E-state index in [1.807, 2.05) is 97.9 Å². The van der Waals surface area contributed by atoms with Gasteiger partial charge in [-0.1, -0.05) is 99.1 Å². The summed E-state index contributed by atoms with van der Waals surface area (Å²) >= 11 is 0. The average Bonchev–Trinajstić information content (AvgIpc) is 3.38. The minimum Gasteiger partial charge on any atom is -0.385 e. The van der Waals surface area contributed by atoms with Crippen molar-refractivity contribution in [1.29, 1.82) is 0 Å². The van der Waals surface area contributed by atoms with Crippen molar-refractivity contribution in [3.8, 4) is 5.69 Å². The van der Waals surface area contributed by atoms with E-state index in [1.54, 1.807) is 16.7 Å². The molecule has 1 heterocycles. The Morgan fingerprint density at radius 2 is 1.51 bits per heavy atom. The van der Waals surface area contributed by atoms with Crippen LogP contribution >= 0.6 is 0 Å². The second-order valence-corrected chi connectivity index (χ2v) is 11.3. The van der Waals surface area contributed by atoms with Gasteiger partial charge in [0.05, 0.1) is 23.8 Å². The van der Waals surface area contributed by atoms with Crippen LogP contribution < -0.4 is 5.32 Å². The summed E-state index contributed by atoms with van der Waals surface area (Å²) in [4.78, 5) is 29.4. The van der Waals surface area contributed by atoms with Crippen molar-refractivity contribution in [2.45, 2.75) is 45.4 Å². The van der Waals surface area contributed by atoms with Crippen LogP contribution in [0.1, 0.15) is 55.5 Å². The SMILES string of the molecule is COCCCN(CC(=O)Nc1cc(C(C)(C)C)nn1-c1ccc(C)cc1)C(=O)C(c1ccccc1)c1ccccc1. The van der Waals surface area contributed by atoms with Crippen molar-refractivity contribution in [2.24, 2.45) is 0 Å². The number of anilines is 1. The number of hydrogen-bond donors (Lipinski definition) is 1. The summed E-state index contributed by atoms with van der Waals surface area (Å²) in [5, 5.41) is 7.87. The van der Waals surface area contributed by atoms with E-state index in [0.717, 1.165) is 28.1 Å². The minimum atomic E-state index is -0.529. The molecule has 0 bridgehead atoms. The van der Waals surface area contributed by atoms with Gasteiger partial charge in [-0.2, -0.15) is 5.10 Å². The highest BCUT2D eigenvalue weighted by Crippen LogP contribution is 2.28. The molecule has 1 N–H and O–H groups in total. The van der Waals surface area contributed by atoms with Crippen molar-refractivity contribution in [2.75, 3.05) is 32.1 Å². The van der Waals surface area contributed by atoms with Crippen molar-refractivity contribution in [1.82, 2.24) is 14.7 Å². The van der Waals surface area contributed by atoms with Gasteiger partial charge in [0, 0.05) is 31.7 Å². The second-order valence-electron chi connectivity index (χ2n) is 11.3. The first-order valence-electron chi connectivity index (χ1n) is 14.0. The summed E-state index contributed by atoms with van der Waals surface area (Å²) in [6, 6.07) is 29.3. The number of nitrogens with zero attached hydrogens (tertiary/aromatic N) is 3. The van der Waals surface area contributed by atoms with Crippen molar-refractivity contribution in [3.05, 3.63) is 113 Å².